The van der Waals surface area contributed by atoms with Crippen LogP contribution in [0.3, 0.4) is 0 Å². The predicted molar refractivity (Wildman–Crippen MR) is 70.3 cm³/mol. The molecule has 0 spiro atoms. The third-order valence-corrected chi connectivity index (χ3v) is 2.13. The Hall–Kier alpha value is -1.30. The van der Waals surface area contributed by atoms with Crippen molar-refractivity contribution in [2.45, 2.75) is 46.6 Å². The minimum atomic E-state index is -0.680. The number of nitrogens with one attached hydrogen (secondary N) is 1. The minimum Gasteiger partial charge on any atom is -0.469 e. The van der Waals surface area contributed by atoms with Crippen molar-refractivity contribution in [3.63, 3.8) is 0 Å². The summed E-state index contributed by atoms with van der Waals surface area (Å²) in [6.45, 7) is 9.31. The number of carbonyl (C=O) groups is 2. The van der Waals surface area contributed by atoms with Crippen molar-refractivity contribution < 1.29 is 23.9 Å². The van der Waals surface area contributed by atoms with Crippen LogP contribution in [0.1, 0.15) is 41.0 Å². The first-order chi connectivity index (χ1) is 8.65. The zero-order valence-corrected chi connectivity index (χ0v) is 12.6. The van der Waals surface area contributed by atoms with Gasteiger partial charge in [-0.25, -0.2) is 4.79 Å². The second-order valence-electron chi connectivity index (χ2n) is 5.76. The van der Waals surface area contributed by atoms with Crippen molar-refractivity contribution >= 4 is 12.1 Å². The van der Waals surface area contributed by atoms with Crippen LogP contribution in [0.15, 0.2) is 0 Å². The normalized spacial score (nSPS) is 13.0. The lowest BCUT2D eigenvalue weighted by Crippen LogP contribution is -2.35. The summed E-state index contributed by atoms with van der Waals surface area (Å²) in [6.07, 6.45) is -0.0523. The number of esters is 1. The molecule has 0 heterocycles. The highest BCUT2D eigenvalue weighted by molar-refractivity contribution is 5.72. The average molecular weight is 275 g/mol. The Bertz CT molecular complexity index is 296. The zero-order chi connectivity index (χ0) is 15.1. The molecule has 1 unspecified atom stereocenters. The first-order valence-corrected chi connectivity index (χ1v) is 6.34. The highest BCUT2D eigenvalue weighted by Gasteiger charge is 2.22. The van der Waals surface area contributed by atoms with Gasteiger partial charge < -0.3 is 9.47 Å². The summed E-state index contributed by atoms with van der Waals surface area (Å²) in [4.78, 5) is 27.8. The molecule has 0 saturated carbocycles. The van der Waals surface area contributed by atoms with Crippen LogP contribution in [0.4, 0.5) is 4.79 Å². The Morgan fingerprint density at radius 3 is 2.21 bits per heavy atom. The summed E-state index contributed by atoms with van der Waals surface area (Å²) >= 11 is 0. The fraction of sp³-hybridized carbons (Fsp3) is 0.846. The SMILES string of the molecule is COC(=O)C(CONC(=O)OC(C)(C)C)CC(C)C. The summed E-state index contributed by atoms with van der Waals surface area (Å²) in [6, 6.07) is 0. The Kier molecular flexibility index (Phi) is 7.44. The molecule has 1 amide bonds. The number of hydroxylamine groups is 1. The zero-order valence-electron chi connectivity index (χ0n) is 12.6. The summed E-state index contributed by atoms with van der Waals surface area (Å²) < 4.78 is 9.68. The van der Waals surface area contributed by atoms with Gasteiger partial charge in [-0.2, -0.15) is 5.48 Å². The van der Waals surface area contributed by atoms with E-state index in [0.717, 1.165) is 0 Å². The molecule has 0 aliphatic heterocycles. The molecule has 6 nitrogen and oxygen atoms in total. The molecule has 0 aromatic carbocycles. The molecule has 0 aromatic heterocycles. The molecule has 0 bridgehead atoms. The second kappa shape index (κ2) is 7.99. The van der Waals surface area contributed by atoms with Crippen molar-refractivity contribution in [3.05, 3.63) is 0 Å². The van der Waals surface area contributed by atoms with Gasteiger partial charge in [0.15, 0.2) is 0 Å². The molecule has 1 N–H and O–H groups in total. The van der Waals surface area contributed by atoms with Gasteiger partial charge in [-0.3, -0.25) is 9.63 Å². The number of rotatable bonds is 6. The van der Waals surface area contributed by atoms with E-state index >= 15 is 0 Å². The molecule has 6 heteroatoms. The summed E-state index contributed by atoms with van der Waals surface area (Å²) in [5.74, 6) is -0.422. The van der Waals surface area contributed by atoms with Gasteiger partial charge in [0.05, 0.1) is 19.6 Å². The van der Waals surface area contributed by atoms with Gasteiger partial charge in [0.25, 0.3) is 0 Å². The molecule has 0 radical (unpaired) electrons. The lowest BCUT2D eigenvalue weighted by atomic mass is 9.98. The van der Waals surface area contributed by atoms with Crippen molar-refractivity contribution in [1.82, 2.24) is 5.48 Å². The lowest BCUT2D eigenvalue weighted by molar-refractivity contribution is -0.149. The molecule has 0 aromatic rings. The smallest absolute Gasteiger partial charge is 0.431 e. The molecular weight excluding hydrogens is 250 g/mol. The predicted octanol–water partition coefficient (Wildman–Crippen LogP) is 2.28. The molecule has 0 aliphatic rings. The molecule has 0 saturated heterocycles. The highest BCUT2D eigenvalue weighted by Crippen LogP contribution is 2.13. The fourth-order valence-electron chi connectivity index (χ4n) is 1.47. The number of carbonyl (C=O) groups excluding carboxylic acids is 2. The maximum atomic E-state index is 11.5. The number of amides is 1. The van der Waals surface area contributed by atoms with Crippen LogP contribution in [0, 0.1) is 11.8 Å². The van der Waals surface area contributed by atoms with Crippen LogP contribution in [0.2, 0.25) is 0 Å². The minimum absolute atomic E-state index is 0.0596. The molecule has 1 atom stereocenters. The maximum absolute atomic E-state index is 11.5. The lowest BCUT2D eigenvalue weighted by Gasteiger charge is -2.20. The summed E-state index contributed by atoms with van der Waals surface area (Å²) in [5.41, 5.74) is 1.56. The van der Waals surface area contributed by atoms with Gasteiger partial charge >= 0.3 is 12.1 Å². The highest BCUT2D eigenvalue weighted by atomic mass is 16.7. The van der Waals surface area contributed by atoms with E-state index in [1.165, 1.54) is 7.11 Å². The quantitative estimate of drug-likeness (QED) is 0.594. The summed E-state index contributed by atoms with van der Waals surface area (Å²) in [5, 5.41) is 0. The van der Waals surface area contributed by atoms with E-state index in [4.69, 9.17) is 9.57 Å². The van der Waals surface area contributed by atoms with E-state index in [9.17, 15) is 9.59 Å². The summed E-state index contributed by atoms with van der Waals surface area (Å²) in [7, 11) is 1.33. The van der Waals surface area contributed by atoms with E-state index in [-0.39, 0.29) is 12.6 Å². The van der Waals surface area contributed by atoms with Crippen molar-refractivity contribution in [1.29, 1.82) is 0 Å². The van der Waals surface area contributed by atoms with Crippen molar-refractivity contribution in [3.8, 4) is 0 Å². The average Bonchev–Trinajstić information content (AvgIpc) is 2.23. The molecular formula is C13H25NO5. The largest absolute Gasteiger partial charge is 0.469 e. The van der Waals surface area contributed by atoms with Gasteiger partial charge in [-0.05, 0) is 33.1 Å². The Morgan fingerprint density at radius 2 is 1.79 bits per heavy atom. The Labute approximate surface area is 114 Å². The van der Waals surface area contributed by atoms with E-state index < -0.39 is 17.6 Å². The standard InChI is InChI=1S/C13H25NO5/c1-9(2)7-10(11(15)17-6)8-18-14-12(16)19-13(3,4)5/h9-10H,7-8H2,1-6H3,(H,14,16). The maximum Gasteiger partial charge on any atom is 0.431 e. The van der Waals surface area contributed by atoms with Gasteiger partial charge in [-0.1, -0.05) is 13.8 Å². The Balaban J connectivity index is 4.12. The van der Waals surface area contributed by atoms with Crippen LogP contribution in [0.25, 0.3) is 0 Å². The van der Waals surface area contributed by atoms with Gasteiger partial charge in [0.2, 0.25) is 0 Å². The molecule has 0 rings (SSSR count). The van der Waals surface area contributed by atoms with Crippen LogP contribution >= 0.6 is 0 Å². The Morgan fingerprint density at radius 1 is 1.21 bits per heavy atom. The van der Waals surface area contributed by atoms with E-state index in [1.54, 1.807) is 20.8 Å². The van der Waals surface area contributed by atoms with Gasteiger partial charge in [-0.15, -0.1) is 0 Å². The van der Waals surface area contributed by atoms with E-state index in [2.05, 4.69) is 10.2 Å². The first-order valence-electron chi connectivity index (χ1n) is 6.34. The third kappa shape index (κ3) is 9.30. The molecule has 19 heavy (non-hydrogen) atoms. The first kappa shape index (κ1) is 17.7. The van der Waals surface area contributed by atoms with E-state index in [0.29, 0.717) is 12.3 Å². The number of ether oxygens (including phenoxy) is 2. The number of hydrogen-bond acceptors (Lipinski definition) is 5. The topological polar surface area (TPSA) is 73.9 Å². The molecule has 0 fully saturated rings. The molecule has 0 aliphatic carbocycles. The number of hydrogen-bond donors (Lipinski definition) is 1. The van der Waals surface area contributed by atoms with Crippen LogP contribution in [-0.2, 0) is 19.1 Å². The van der Waals surface area contributed by atoms with Crippen LogP contribution in [-0.4, -0.2) is 31.4 Å². The van der Waals surface area contributed by atoms with Gasteiger partial charge in [0, 0.05) is 0 Å². The van der Waals surface area contributed by atoms with E-state index in [1.807, 2.05) is 13.8 Å². The van der Waals surface area contributed by atoms with Crippen LogP contribution < -0.4 is 5.48 Å². The fourth-order valence-corrected chi connectivity index (χ4v) is 1.47. The third-order valence-electron chi connectivity index (χ3n) is 2.13. The monoisotopic (exact) mass is 275 g/mol. The van der Waals surface area contributed by atoms with Crippen molar-refractivity contribution in [2.24, 2.45) is 11.8 Å². The van der Waals surface area contributed by atoms with Crippen molar-refractivity contribution in [2.75, 3.05) is 13.7 Å². The molecule has 112 valence electrons. The van der Waals surface area contributed by atoms with Crippen LogP contribution in [0.5, 0.6) is 0 Å². The number of methoxy groups -OCH3 is 1. The second-order valence-corrected chi connectivity index (χ2v) is 5.76. The van der Waals surface area contributed by atoms with Gasteiger partial charge in [0.1, 0.15) is 5.60 Å².